The molecule has 54 valence electrons. The van der Waals surface area contributed by atoms with Gasteiger partial charge in [0.25, 0.3) is 0 Å². The molecule has 0 aliphatic carbocycles. The summed E-state index contributed by atoms with van der Waals surface area (Å²) in [7, 11) is 0. The quantitative estimate of drug-likeness (QED) is 0.399. The van der Waals surface area contributed by atoms with Crippen molar-refractivity contribution < 1.29 is 0 Å². The van der Waals surface area contributed by atoms with Crippen LogP contribution in [-0.4, -0.2) is 6.69 Å². The highest BCUT2D eigenvalue weighted by Gasteiger charge is 1.87. The van der Waals surface area contributed by atoms with Crippen molar-refractivity contribution in [1.82, 2.24) is 0 Å². The van der Waals surface area contributed by atoms with E-state index in [1.807, 2.05) is 0 Å². The molecule has 0 amide bonds. The molecule has 0 aromatic heterocycles. The molecule has 0 fully saturated rings. The van der Waals surface area contributed by atoms with E-state index in [9.17, 15) is 0 Å². The average molecular weight is 146 g/mol. The van der Waals surface area contributed by atoms with Gasteiger partial charge in [0.05, 0.1) is 0 Å². The van der Waals surface area contributed by atoms with Crippen molar-refractivity contribution in [2.45, 2.75) is 45.3 Å². The molecule has 0 aliphatic rings. The molecule has 0 unspecified atom stereocenters. The maximum absolute atomic E-state index is 5.51. The first-order chi connectivity index (χ1) is 4.41. The van der Waals surface area contributed by atoms with Gasteiger partial charge in [-0.3, -0.25) is 0 Å². The van der Waals surface area contributed by atoms with E-state index in [1.54, 1.807) is 0 Å². The van der Waals surface area contributed by atoms with Crippen LogP contribution < -0.4 is 0 Å². The second-order valence-corrected chi connectivity index (χ2v) is 2.83. The first-order valence-electron chi connectivity index (χ1n) is 3.97. The molecule has 9 heavy (non-hydrogen) atoms. The second kappa shape index (κ2) is 8.35. The fourth-order valence-corrected chi connectivity index (χ4v) is 1.06. The summed E-state index contributed by atoms with van der Waals surface area (Å²) in [5.41, 5.74) is 0. The minimum atomic E-state index is 0.839. The number of halogens is 1. The van der Waals surface area contributed by atoms with Crippen LogP contribution in [-0.2, 0) is 0 Å². The third kappa shape index (κ3) is 8.35. The summed E-state index contributed by atoms with van der Waals surface area (Å²) >= 11 is 5.51. The minimum absolute atomic E-state index is 0.839. The molecule has 0 N–H and O–H groups in total. The van der Waals surface area contributed by atoms with Gasteiger partial charge in [0, 0.05) is 0 Å². The Kier molecular flexibility index (Phi) is 8.68. The lowest BCUT2D eigenvalue weighted by atomic mass is 9.97. The van der Waals surface area contributed by atoms with Crippen LogP contribution in [0.25, 0.3) is 0 Å². The molecule has 0 rings (SSSR count). The van der Waals surface area contributed by atoms with Crippen LogP contribution >= 0.6 is 11.5 Å². The van der Waals surface area contributed by atoms with Crippen molar-refractivity contribution in [2.24, 2.45) is 0 Å². The van der Waals surface area contributed by atoms with Crippen molar-refractivity contribution in [3.63, 3.8) is 0 Å². The Balaban J connectivity index is 2.60. The number of rotatable bonds is 6. The third-order valence-corrected chi connectivity index (χ3v) is 1.75. The maximum Gasteiger partial charge on any atom is 0.233 e. The molecular weight excluding hydrogens is 130 g/mol. The van der Waals surface area contributed by atoms with Gasteiger partial charge in [-0.25, -0.2) is 11.5 Å². The van der Waals surface area contributed by atoms with Crippen LogP contribution in [0, 0.1) is 0 Å². The summed E-state index contributed by atoms with van der Waals surface area (Å²) in [4.78, 5) is 0. The Morgan fingerprint density at radius 3 is 2.33 bits per heavy atom. The van der Waals surface area contributed by atoms with Crippen molar-refractivity contribution >= 4 is 18.2 Å². The monoisotopic (exact) mass is 146 g/mol. The van der Waals surface area contributed by atoms with Gasteiger partial charge in [-0.1, -0.05) is 45.3 Å². The Labute approximate surface area is 64.1 Å². The highest BCUT2D eigenvalue weighted by Crippen LogP contribution is 2.04. The van der Waals surface area contributed by atoms with Crippen LogP contribution in [0.4, 0.5) is 0 Å². The predicted octanol–water partition coefficient (Wildman–Crippen LogP) is 2.97. The highest BCUT2D eigenvalue weighted by molar-refractivity contribution is 6.93. The molecule has 0 heterocycles. The zero-order chi connectivity index (χ0) is 6.95. The molecule has 0 bridgehead atoms. The molecule has 0 radical (unpaired) electrons. The zero-order valence-corrected chi connectivity index (χ0v) is 7.08. The van der Waals surface area contributed by atoms with Crippen molar-refractivity contribution in [3.8, 4) is 0 Å². The molecule has 0 saturated carbocycles. The van der Waals surface area contributed by atoms with Crippen LogP contribution in [0.15, 0.2) is 0 Å². The van der Waals surface area contributed by atoms with E-state index >= 15 is 0 Å². The van der Waals surface area contributed by atoms with Gasteiger partial charge in [-0.15, -0.1) is 0 Å². The average Bonchev–Trinajstić information content (AvgIpc) is 1.89. The molecular formula is C7H16BCl. The van der Waals surface area contributed by atoms with Crippen molar-refractivity contribution in [3.05, 3.63) is 0 Å². The number of hydrogen-bond donors (Lipinski definition) is 0. The van der Waals surface area contributed by atoms with Crippen molar-refractivity contribution in [2.75, 3.05) is 0 Å². The van der Waals surface area contributed by atoms with Gasteiger partial charge in [-0.05, 0) is 0 Å². The minimum Gasteiger partial charge on any atom is -0.201 e. The molecule has 0 aromatic rings. The van der Waals surface area contributed by atoms with Gasteiger partial charge >= 0.3 is 0 Å². The highest BCUT2D eigenvalue weighted by atomic mass is 35.5. The second-order valence-electron chi connectivity index (χ2n) is 2.46. The van der Waals surface area contributed by atoms with Crippen LogP contribution in [0.3, 0.4) is 0 Å². The summed E-state index contributed by atoms with van der Waals surface area (Å²) in [5, 5.41) is 0. The fraction of sp³-hybridized carbons (Fsp3) is 1.00. The molecule has 0 nitrogen and oxygen atoms in total. The molecule has 0 saturated heterocycles. The number of hydrogen-bond acceptors (Lipinski definition) is 0. The van der Waals surface area contributed by atoms with E-state index in [2.05, 4.69) is 6.92 Å². The van der Waals surface area contributed by atoms with E-state index in [0.29, 0.717) is 0 Å². The summed E-state index contributed by atoms with van der Waals surface area (Å²) in [6.07, 6.45) is 8.02. The lowest BCUT2D eigenvalue weighted by Gasteiger charge is -1.94. The van der Waals surface area contributed by atoms with Gasteiger partial charge in [-0.2, -0.15) is 0 Å². The lowest BCUT2D eigenvalue weighted by molar-refractivity contribution is 0.656. The van der Waals surface area contributed by atoms with E-state index in [0.717, 1.165) is 6.69 Å². The van der Waals surface area contributed by atoms with E-state index in [-0.39, 0.29) is 0 Å². The van der Waals surface area contributed by atoms with E-state index in [4.69, 9.17) is 11.5 Å². The van der Waals surface area contributed by atoms with Crippen LogP contribution in [0.1, 0.15) is 39.0 Å². The largest absolute Gasteiger partial charge is 0.233 e. The Hall–Kier alpha value is 0.355. The maximum atomic E-state index is 5.51. The Morgan fingerprint density at radius 2 is 1.78 bits per heavy atom. The first-order valence-corrected chi connectivity index (χ1v) is 4.51. The van der Waals surface area contributed by atoms with E-state index in [1.165, 1.54) is 38.4 Å². The molecule has 2 heteroatoms. The third-order valence-electron chi connectivity index (χ3n) is 1.49. The van der Waals surface area contributed by atoms with Crippen LogP contribution in [0.2, 0.25) is 6.32 Å². The molecule has 0 atom stereocenters. The SMILES string of the molecule is CCCCCCCBCl. The number of unbranched alkanes of at least 4 members (excludes halogenated alkanes) is 4. The van der Waals surface area contributed by atoms with Gasteiger partial charge in [0.15, 0.2) is 0 Å². The fourth-order valence-electron chi connectivity index (χ4n) is 0.875. The molecule has 0 aliphatic heterocycles. The first kappa shape index (κ1) is 9.35. The summed E-state index contributed by atoms with van der Waals surface area (Å²) in [5.74, 6) is 0. The van der Waals surface area contributed by atoms with Gasteiger partial charge < -0.3 is 0 Å². The Morgan fingerprint density at radius 1 is 1.11 bits per heavy atom. The summed E-state index contributed by atoms with van der Waals surface area (Å²) < 4.78 is 0. The smallest absolute Gasteiger partial charge is 0.201 e. The predicted molar refractivity (Wildman–Crippen MR) is 46.6 cm³/mol. The zero-order valence-electron chi connectivity index (χ0n) is 6.33. The van der Waals surface area contributed by atoms with E-state index < -0.39 is 0 Å². The lowest BCUT2D eigenvalue weighted by Crippen LogP contribution is -1.79. The standard InChI is InChI=1S/C7H16BCl/c1-2-3-4-5-6-7-8-9/h8H,2-7H2,1H3. The summed E-state index contributed by atoms with van der Waals surface area (Å²) in [6.45, 7) is 3.08. The van der Waals surface area contributed by atoms with Crippen molar-refractivity contribution in [1.29, 1.82) is 0 Å². The normalized spacial score (nSPS) is 9.56. The molecule has 0 aromatic carbocycles. The topological polar surface area (TPSA) is 0 Å². The van der Waals surface area contributed by atoms with Crippen LogP contribution in [0.5, 0.6) is 0 Å². The Bertz CT molecular complexity index is 42.2. The van der Waals surface area contributed by atoms with Gasteiger partial charge in [0.1, 0.15) is 0 Å². The summed E-state index contributed by atoms with van der Waals surface area (Å²) in [6, 6.07) is 0. The van der Waals surface area contributed by atoms with Gasteiger partial charge in [0.2, 0.25) is 6.69 Å². The molecule has 0 spiro atoms.